The van der Waals surface area contributed by atoms with Crippen LogP contribution >= 0.6 is 0 Å². The van der Waals surface area contributed by atoms with Gasteiger partial charge in [-0.15, -0.1) is 0 Å². The van der Waals surface area contributed by atoms with Crippen LogP contribution < -0.4 is 4.90 Å². The standard InChI is InChI=1S/C48H31NO/c1-2-12-32(13-3-1)34-24-27-38(28-25-34)49(39-29-26-33-14-4-5-16-36(33)30-39)45-23-11-22-43-44-31-37-17-7-9-20-41(37)46(48(44)50-47(43)45)42-21-10-18-35-15-6-8-19-40(35)42/h1-31H. The fourth-order valence-electron chi connectivity index (χ4n) is 7.64. The van der Waals surface area contributed by atoms with Crippen LogP contribution in [-0.4, -0.2) is 0 Å². The Labute approximate surface area is 290 Å². The van der Waals surface area contributed by atoms with Gasteiger partial charge in [0.25, 0.3) is 0 Å². The highest BCUT2D eigenvalue weighted by atomic mass is 16.3. The van der Waals surface area contributed by atoms with Crippen molar-refractivity contribution in [3.63, 3.8) is 0 Å². The predicted molar refractivity (Wildman–Crippen MR) is 212 cm³/mol. The molecule has 0 aliphatic heterocycles. The SMILES string of the molecule is c1ccc(-c2ccc(N(c3ccc4ccccc4c3)c3cccc4c3oc3c(-c5cccc6ccccc56)c5ccccc5cc34)cc2)cc1. The van der Waals surface area contributed by atoms with Gasteiger partial charge in [-0.05, 0) is 85.4 Å². The molecule has 0 spiro atoms. The van der Waals surface area contributed by atoms with Crippen molar-refractivity contribution in [1.82, 2.24) is 0 Å². The topological polar surface area (TPSA) is 16.4 Å². The van der Waals surface area contributed by atoms with E-state index >= 15 is 0 Å². The van der Waals surface area contributed by atoms with E-state index in [9.17, 15) is 0 Å². The minimum Gasteiger partial charge on any atom is -0.453 e. The monoisotopic (exact) mass is 637 g/mol. The quantitative estimate of drug-likeness (QED) is 0.187. The van der Waals surface area contributed by atoms with Crippen molar-refractivity contribution in [2.24, 2.45) is 0 Å². The maximum atomic E-state index is 7.19. The van der Waals surface area contributed by atoms with E-state index < -0.39 is 0 Å². The number of hydrogen-bond donors (Lipinski definition) is 0. The normalized spacial score (nSPS) is 11.6. The Kier molecular flexibility index (Phi) is 6.53. The highest BCUT2D eigenvalue weighted by Gasteiger charge is 2.23. The molecule has 0 bridgehead atoms. The maximum Gasteiger partial charge on any atom is 0.159 e. The van der Waals surface area contributed by atoms with Gasteiger partial charge in [0.15, 0.2) is 5.58 Å². The van der Waals surface area contributed by atoms with E-state index in [0.29, 0.717) is 0 Å². The molecular formula is C48H31NO. The van der Waals surface area contributed by atoms with E-state index in [1.54, 1.807) is 0 Å². The molecule has 10 rings (SSSR count). The van der Waals surface area contributed by atoms with Crippen LogP contribution in [-0.2, 0) is 0 Å². The van der Waals surface area contributed by atoms with E-state index in [1.165, 1.54) is 49.0 Å². The summed E-state index contributed by atoms with van der Waals surface area (Å²) in [6.07, 6.45) is 0. The van der Waals surface area contributed by atoms with Crippen LogP contribution in [0, 0.1) is 0 Å². The summed E-state index contributed by atoms with van der Waals surface area (Å²) in [7, 11) is 0. The van der Waals surface area contributed by atoms with Gasteiger partial charge in [0, 0.05) is 27.7 Å². The summed E-state index contributed by atoms with van der Waals surface area (Å²) >= 11 is 0. The molecule has 0 aliphatic carbocycles. The van der Waals surface area contributed by atoms with Gasteiger partial charge < -0.3 is 9.32 Å². The van der Waals surface area contributed by atoms with Gasteiger partial charge in [0.05, 0.1) is 5.69 Å². The molecule has 0 amide bonds. The number of hydrogen-bond acceptors (Lipinski definition) is 2. The van der Waals surface area contributed by atoms with Crippen molar-refractivity contribution >= 4 is 71.3 Å². The Hall–Kier alpha value is -6.64. The molecule has 0 saturated heterocycles. The van der Waals surface area contributed by atoms with Gasteiger partial charge in [-0.25, -0.2) is 0 Å². The Balaban J connectivity index is 1.25. The van der Waals surface area contributed by atoms with Crippen molar-refractivity contribution < 1.29 is 4.42 Å². The second-order valence-corrected chi connectivity index (χ2v) is 12.9. The Morgan fingerprint density at radius 1 is 0.340 bits per heavy atom. The van der Waals surface area contributed by atoms with Crippen LogP contribution in [0.5, 0.6) is 0 Å². The van der Waals surface area contributed by atoms with Gasteiger partial charge in [-0.3, -0.25) is 0 Å². The first-order valence-electron chi connectivity index (χ1n) is 17.1. The molecule has 10 aromatic rings. The Morgan fingerprint density at radius 2 is 0.960 bits per heavy atom. The van der Waals surface area contributed by atoms with Crippen molar-refractivity contribution in [1.29, 1.82) is 0 Å². The predicted octanol–water partition coefficient (Wildman–Crippen LogP) is 13.8. The van der Waals surface area contributed by atoms with E-state index in [1.807, 2.05) is 0 Å². The molecule has 0 saturated carbocycles. The number of anilines is 3. The van der Waals surface area contributed by atoms with Crippen molar-refractivity contribution in [2.75, 3.05) is 4.90 Å². The smallest absolute Gasteiger partial charge is 0.159 e. The first kappa shape index (κ1) is 28.4. The minimum atomic E-state index is 0.861. The summed E-state index contributed by atoms with van der Waals surface area (Å²) in [5.74, 6) is 0. The van der Waals surface area contributed by atoms with E-state index in [-0.39, 0.29) is 0 Å². The first-order valence-corrected chi connectivity index (χ1v) is 17.1. The van der Waals surface area contributed by atoms with Gasteiger partial charge in [0.2, 0.25) is 0 Å². The molecule has 0 atom stereocenters. The fraction of sp³-hybridized carbons (Fsp3) is 0. The number of furan rings is 1. The third-order valence-electron chi connectivity index (χ3n) is 10.0. The average molecular weight is 638 g/mol. The van der Waals surface area contributed by atoms with Crippen LogP contribution in [0.1, 0.15) is 0 Å². The van der Waals surface area contributed by atoms with Crippen LogP contribution in [0.15, 0.2) is 192 Å². The van der Waals surface area contributed by atoms with Gasteiger partial charge in [-0.1, -0.05) is 152 Å². The third kappa shape index (κ3) is 4.57. The minimum absolute atomic E-state index is 0.861. The summed E-state index contributed by atoms with van der Waals surface area (Å²) in [5.41, 5.74) is 9.57. The van der Waals surface area contributed by atoms with Crippen molar-refractivity contribution in [3.05, 3.63) is 188 Å². The lowest BCUT2D eigenvalue weighted by atomic mass is 9.92. The molecule has 0 radical (unpaired) electrons. The molecule has 1 heterocycles. The number of benzene rings is 9. The van der Waals surface area contributed by atoms with Crippen LogP contribution in [0.2, 0.25) is 0 Å². The van der Waals surface area contributed by atoms with Gasteiger partial charge in [0.1, 0.15) is 5.58 Å². The molecule has 2 heteroatoms. The second-order valence-electron chi connectivity index (χ2n) is 12.9. The van der Waals surface area contributed by atoms with Crippen molar-refractivity contribution in [3.8, 4) is 22.3 Å². The molecule has 0 N–H and O–H groups in total. The van der Waals surface area contributed by atoms with Crippen LogP contribution in [0.3, 0.4) is 0 Å². The molecule has 0 unspecified atom stereocenters. The fourth-order valence-corrected chi connectivity index (χ4v) is 7.64. The first-order chi connectivity index (χ1) is 24.8. The lowest BCUT2D eigenvalue weighted by Gasteiger charge is -2.26. The zero-order valence-electron chi connectivity index (χ0n) is 27.3. The van der Waals surface area contributed by atoms with Gasteiger partial charge in [-0.2, -0.15) is 0 Å². The van der Waals surface area contributed by atoms with Crippen LogP contribution in [0.25, 0.3) is 76.5 Å². The highest BCUT2D eigenvalue weighted by molar-refractivity contribution is 6.22. The molecule has 2 nitrogen and oxygen atoms in total. The molecule has 0 fully saturated rings. The zero-order valence-corrected chi connectivity index (χ0v) is 27.3. The third-order valence-corrected chi connectivity index (χ3v) is 10.0. The highest BCUT2D eigenvalue weighted by Crippen LogP contribution is 2.47. The summed E-state index contributed by atoms with van der Waals surface area (Å²) in [6, 6.07) is 67.3. The van der Waals surface area contributed by atoms with Crippen LogP contribution in [0.4, 0.5) is 17.1 Å². The molecule has 234 valence electrons. The van der Waals surface area contributed by atoms with E-state index in [2.05, 4.69) is 193 Å². The van der Waals surface area contributed by atoms with Gasteiger partial charge >= 0.3 is 0 Å². The largest absolute Gasteiger partial charge is 0.453 e. The number of fused-ring (bicyclic) bond motifs is 6. The summed E-state index contributed by atoms with van der Waals surface area (Å²) in [6.45, 7) is 0. The lowest BCUT2D eigenvalue weighted by Crippen LogP contribution is -2.10. The molecule has 0 aliphatic rings. The average Bonchev–Trinajstić information content (AvgIpc) is 3.56. The van der Waals surface area contributed by atoms with E-state index in [0.717, 1.165) is 44.6 Å². The number of para-hydroxylation sites is 1. The number of nitrogens with zero attached hydrogens (tertiary/aromatic N) is 1. The molecule has 50 heavy (non-hydrogen) atoms. The molecule has 1 aromatic heterocycles. The zero-order chi connectivity index (χ0) is 33.0. The Bertz CT molecular complexity index is 2860. The molecule has 9 aromatic carbocycles. The lowest BCUT2D eigenvalue weighted by molar-refractivity contribution is 0.670. The Morgan fingerprint density at radius 3 is 1.80 bits per heavy atom. The molecular weight excluding hydrogens is 607 g/mol. The van der Waals surface area contributed by atoms with Crippen molar-refractivity contribution in [2.45, 2.75) is 0 Å². The summed E-state index contributed by atoms with van der Waals surface area (Å²) in [5, 5.41) is 9.41. The summed E-state index contributed by atoms with van der Waals surface area (Å²) < 4.78 is 7.19. The summed E-state index contributed by atoms with van der Waals surface area (Å²) in [4.78, 5) is 2.34. The van der Waals surface area contributed by atoms with E-state index in [4.69, 9.17) is 4.42 Å². The number of rotatable bonds is 5. The second kappa shape index (κ2) is 11.5. The maximum absolute atomic E-state index is 7.19.